The number of anilines is 1. The van der Waals surface area contributed by atoms with E-state index >= 15 is 0 Å². The number of nitro groups is 1. The Morgan fingerprint density at radius 2 is 2.24 bits per heavy atom. The fourth-order valence-electron chi connectivity index (χ4n) is 1.04. The Balaban J connectivity index is 3.11. The summed E-state index contributed by atoms with van der Waals surface area (Å²) in [6.07, 6.45) is 0.634. The zero-order chi connectivity index (χ0) is 13.1. The Labute approximate surface area is 102 Å². The van der Waals surface area contributed by atoms with Gasteiger partial charge in [0.25, 0.3) is 0 Å². The van der Waals surface area contributed by atoms with Gasteiger partial charge < -0.3 is 5.43 Å². The second kappa shape index (κ2) is 5.40. The average Bonchev–Trinajstić information content (AvgIpc) is 2.71. The van der Waals surface area contributed by atoms with Gasteiger partial charge in [-0.1, -0.05) is 18.3 Å². The summed E-state index contributed by atoms with van der Waals surface area (Å²) in [5, 5.41) is 10.6. The standard InChI is InChI=1S/C7H12N4O4S2/c1-2-3-9-17(14,15)6-4-5(11(12)13)7(10-8)16-6/h4,9-10H,2-3,8H2,1H3. The zero-order valence-electron chi connectivity index (χ0n) is 8.97. The highest BCUT2D eigenvalue weighted by Crippen LogP contribution is 2.36. The molecule has 0 amide bonds. The minimum Gasteiger partial charge on any atom is -0.310 e. The lowest BCUT2D eigenvalue weighted by atomic mass is 10.5. The van der Waals surface area contributed by atoms with Crippen molar-refractivity contribution in [1.29, 1.82) is 0 Å². The highest BCUT2D eigenvalue weighted by atomic mass is 32.2. The van der Waals surface area contributed by atoms with E-state index in [9.17, 15) is 18.5 Å². The number of thiophene rings is 1. The highest BCUT2D eigenvalue weighted by Gasteiger charge is 2.25. The molecule has 0 atom stereocenters. The van der Waals surface area contributed by atoms with Crippen molar-refractivity contribution in [1.82, 2.24) is 4.72 Å². The lowest BCUT2D eigenvalue weighted by Gasteiger charge is -2.01. The maximum atomic E-state index is 11.7. The van der Waals surface area contributed by atoms with Gasteiger partial charge >= 0.3 is 5.69 Å². The Morgan fingerprint density at radius 1 is 1.59 bits per heavy atom. The Kier molecular flexibility index (Phi) is 4.40. The van der Waals surface area contributed by atoms with Crippen LogP contribution in [0.3, 0.4) is 0 Å². The van der Waals surface area contributed by atoms with E-state index in [-0.39, 0.29) is 21.4 Å². The Morgan fingerprint density at radius 3 is 2.65 bits per heavy atom. The van der Waals surface area contributed by atoms with E-state index in [4.69, 9.17) is 5.84 Å². The zero-order valence-corrected chi connectivity index (χ0v) is 10.6. The Hall–Kier alpha value is -1.23. The van der Waals surface area contributed by atoms with E-state index in [0.29, 0.717) is 17.8 Å². The molecule has 0 spiro atoms. The molecule has 96 valence electrons. The van der Waals surface area contributed by atoms with Crippen molar-refractivity contribution in [3.05, 3.63) is 16.2 Å². The molecule has 0 aliphatic heterocycles. The third kappa shape index (κ3) is 3.12. The van der Waals surface area contributed by atoms with Crippen LogP contribution in [0.5, 0.6) is 0 Å². The molecule has 0 aromatic carbocycles. The first-order valence-corrected chi connectivity index (χ1v) is 6.96. The van der Waals surface area contributed by atoms with Crippen LogP contribution in [-0.4, -0.2) is 19.9 Å². The summed E-state index contributed by atoms with van der Waals surface area (Å²) in [5.41, 5.74) is 1.76. The molecule has 0 fully saturated rings. The van der Waals surface area contributed by atoms with Crippen molar-refractivity contribution >= 4 is 32.0 Å². The first-order chi connectivity index (χ1) is 7.92. The first-order valence-electron chi connectivity index (χ1n) is 4.67. The van der Waals surface area contributed by atoms with Crippen LogP contribution in [0.15, 0.2) is 10.3 Å². The molecule has 17 heavy (non-hydrogen) atoms. The van der Waals surface area contributed by atoms with Crippen molar-refractivity contribution < 1.29 is 13.3 Å². The van der Waals surface area contributed by atoms with E-state index in [1.165, 1.54) is 0 Å². The lowest BCUT2D eigenvalue weighted by Crippen LogP contribution is -2.23. The van der Waals surface area contributed by atoms with E-state index in [0.717, 1.165) is 6.07 Å². The van der Waals surface area contributed by atoms with Gasteiger partial charge in [-0.2, -0.15) is 0 Å². The number of nitrogen functional groups attached to an aromatic ring is 1. The number of rotatable bonds is 6. The summed E-state index contributed by atoms with van der Waals surface area (Å²) >= 11 is 0.717. The van der Waals surface area contributed by atoms with Crippen LogP contribution in [0.1, 0.15) is 13.3 Å². The van der Waals surface area contributed by atoms with Gasteiger partial charge in [-0.05, 0) is 6.42 Å². The number of hydrogen-bond donors (Lipinski definition) is 3. The van der Waals surface area contributed by atoms with Crippen LogP contribution in [0, 0.1) is 10.1 Å². The molecule has 1 rings (SSSR count). The van der Waals surface area contributed by atoms with Crippen LogP contribution in [0.25, 0.3) is 0 Å². The normalized spacial score (nSPS) is 11.4. The summed E-state index contributed by atoms with van der Waals surface area (Å²) in [6.45, 7) is 2.09. The number of nitrogens with zero attached hydrogens (tertiary/aromatic N) is 1. The second-order valence-corrected chi connectivity index (χ2v) is 6.13. The van der Waals surface area contributed by atoms with Crippen LogP contribution >= 0.6 is 11.3 Å². The molecular weight excluding hydrogens is 268 g/mol. The van der Waals surface area contributed by atoms with Gasteiger partial charge in [-0.3, -0.25) is 10.1 Å². The van der Waals surface area contributed by atoms with Gasteiger partial charge in [0.15, 0.2) is 5.00 Å². The maximum Gasteiger partial charge on any atom is 0.306 e. The summed E-state index contributed by atoms with van der Waals surface area (Å²) in [7, 11) is -3.70. The SMILES string of the molecule is CCCNS(=O)(=O)c1cc([N+](=O)[O-])c(NN)s1. The summed E-state index contributed by atoms with van der Waals surface area (Å²) in [5.74, 6) is 5.09. The van der Waals surface area contributed by atoms with E-state index in [2.05, 4.69) is 10.1 Å². The summed E-state index contributed by atoms with van der Waals surface area (Å²) in [4.78, 5) is 9.95. The van der Waals surface area contributed by atoms with Crippen LogP contribution < -0.4 is 16.0 Å². The van der Waals surface area contributed by atoms with Crippen LogP contribution in [0.2, 0.25) is 0 Å². The molecule has 0 bridgehead atoms. The van der Waals surface area contributed by atoms with E-state index in [1.807, 2.05) is 6.92 Å². The van der Waals surface area contributed by atoms with E-state index < -0.39 is 14.9 Å². The molecule has 0 saturated carbocycles. The van der Waals surface area contributed by atoms with Gasteiger partial charge in [-0.15, -0.1) is 0 Å². The largest absolute Gasteiger partial charge is 0.310 e. The van der Waals surface area contributed by atoms with Crippen molar-refractivity contribution in [2.24, 2.45) is 5.84 Å². The van der Waals surface area contributed by atoms with Gasteiger partial charge in [0, 0.05) is 12.6 Å². The molecule has 0 unspecified atom stereocenters. The topological polar surface area (TPSA) is 127 Å². The van der Waals surface area contributed by atoms with Gasteiger partial charge in [0.2, 0.25) is 10.0 Å². The quantitative estimate of drug-likeness (QED) is 0.398. The van der Waals surface area contributed by atoms with Crippen LogP contribution in [0.4, 0.5) is 10.7 Å². The molecule has 10 heteroatoms. The molecule has 0 aliphatic rings. The fourth-order valence-corrected chi connectivity index (χ4v) is 3.45. The number of nitrogens with one attached hydrogen (secondary N) is 2. The van der Waals surface area contributed by atoms with Crippen molar-refractivity contribution in [3.8, 4) is 0 Å². The molecule has 1 heterocycles. The predicted octanol–water partition coefficient (Wildman–Crippen LogP) is 0.630. The fraction of sp³-hybridized carbons (Fsp3) is 0.429. The average molecular weight is 280 g/mol. The minimum atomic E-state index is -3.70. The molecule has 8 nitrogen and oxygen atoms in total. The second-order valence-electron chi connectivity index (χ2n) is 3.08. The van der Waals surface area contributed by atoms with Gasteiger partial charge in [-0.25, -0.2) is 19.0 Å². The molecule has 1 aromatic rings. The molecule has 1 aromatic heterocycles. The number of sulfonamides is 1. The summed E-state index contributed by atoms with van der Waals surface area (Å²) < 4.78 is 25.6. The molecule has 0 saturated heterocycles. The van der Waals surface area contributed by atoms with Crippen molar-refractivity contribution in [3.63, 3.8) is 0 Å². The van der Waals surface area contributed by atoms with Gasteiger partial charge in [0.1, 0.15) is 4.21 Å². The number of hydrogen-bond acceptors (Lipinski definition) is 7. The molecular formula is C7H12N4O4S2. The van der Waals surface area contributed by atoms with E-state index in [1.54, 1.807) is 0 Å². The highest BCUT2D eigenvalue weighted by molar-refractivity contribution is 7.91. The Bertz CT molecular complexity index is 510. The van der Waals surface area contributed by atoms with Crippen LogP contribution in [-0.2, 0) is 10.0 Å². The van der Waals surface area contributed by atoms with Crippen molar-refractivity contribution in [2.45, 2.75) is 17.6 Å². The first kappa shape index (κ1) is 13.8. The maximum absolute atomic E-state index is 11.7. The predicted molar refractivity (Wildman–Crippen MR) is 64.3 cm³/mol. The third-order valence-corrected chi connectivity index (χ3v) is 4.81. The minimum absolute atomic E-state index is 0.00636. The smallest absolute Gasteiger partial charge is 0.306 e. The monoisotopic (exact) mass is 280 g/mol. The number of nitrogens with two attached hydrogens (primary N) is 1. The molecule has 0 radical (unpaired) electrons. The lowest BCUT2D eigenvalue weighted by molar-refractivity contribution is -0.383. The summed E-state index contributed by atoms with van der Waals surface area (Å²) in [6, 6.07) is 0.984. The van der Waals surface area contributed by atoms with Crippen molar-refractivity contribution in [2.75, 3.05) is 12.0 Å². The number of hydrazine groups is 1. The molecule has 0 aliphatic carbocycles. The van der Waals surface area contributed by atoms with Gasteiger partial charge in [0.05, 0.1) is 4.92 Å². The molecule has 4 N–H and O–H groups in total. The third-order valence-electron chi connectivity index (χ3n) is 1.82.